The number of aromatic nitrogens is 1. The van der Waals surface area contributed by atoms with Gasteiger partial charge in [0.2, 0.25) is 5.91 Å². The molecule has 2 aromatic rings. The van der Waals surface area contributed by atoms with Crippen molar-refractivity contribution < 1.29 is 9.59 Å². The second-order valence-corrected chi connectivity index (χ2v) is 7.34. The maximum Gasteiger partial charge on any atom is 0.240 e. The smallest absolute Gasteiger partial charge is 0.240 e. The van der Waals surface area contributed by atoms with Crippen molar-refractivity contribution >= 4 is 39.0 Å². The van der Waals surface area contributed by atoms with Crippen LogP contribution in [0, 0.1) is 5.92 Å². The highest BCUT2D eigenvalue weighted by molar-refractivity contribution is 9.10. The zero-order chi connectivity index (χ0) is 16.4. The predicted molar refractivity (Wildman–Crippen MR) is 94.6 cm³/mol. The highest BCUT2D eigenvalue weighted by Crippen LogP contribution is 2.25. The Labute approximate surface area is 144 Å². The summed E-state index contributed by atoms with van der Waals surface area (Å²) in [6.07, 6.45) is 7.28. The number of nitrogens with zero attached hydrogens (tertiary/aromatic N) is 1. The van der Waals surface area contributed by atoms with Crippen LogP contribution in [0.2, 0.25) is 0 Å². The lowest BCUT2D eigenvalue weighted by atomic mass is 9.86. The number of fused-ring (bicyclic) bond motifs is 1. The molecule has 0 saturated heterocycles. The molecule has 4 nitrogen and oxygen atoms in total. The van der Waals surface area contributed by atoms with E-state index in [2.05, 4.69) is 28.2 Å². The van der Waals surface area contributed by atoms with Crippen molar-refractivity contribution in [1.82, 2.24) is 9.88 Å². The Hall–Kier alpha value is -1.62. The Morgan fingerprint density at radius 3 is 2.91 bits per heavy atom. The van der Waals surface area contributed by atoms with E-state index in [1.165, 1.54) is 19.3 Å². The maximum atomic E-state index is 12.4. The topological polar surface area (TPSA) is 51.1 Å². The average Bonchev–Trinajstić information content (AvgIpc) is 2.86. The van der Waals surface area contributed by atoms with E-state index in [9.17, 15) is 9.59 Å². The summed E-state index contributed by atoms with van der Waals surface area (Å²) in [5.74, 6) is 0.552. The SMILES string of the molecule is C[C@H]1CCCC[C@H]1NC(=O)Cn1cc(C=O)c2cc(Br)ccc21. The molecule has 1 amide bonds. The minimum absolute atomic E-state index is 0.0148. The molecular weight excluding hydrogens is 356 g/mol. The van der Waals surface area contributed by atoms with Gasteiger partial charge in [0, 0.05) is 33.2 Å². The van der Waals surface area contributed by atoms with Crippen molar-refractivity contribution in [1.29, 1.82) is 0 Å². The van der Waals surface area contributed by atoms with Gasteiger partial charge in [0.25, 0.3) is 0 Å². The van der Waals surface area contributed by atoms with Gasteiger partial charge >= 0.3 is 0 Å². The van der Waals surface area contributed by atoms with Gasteiger partial charge in [-0.05, 0) is 37.0 Å². The summed E-state index contributed by atoms with van der Waals surface area (Å²) in [5, 5.41) is 4.03. The molecule has 0 unspecified atom stereocenters. The van der Waals surface area contributed by atoms with Gasteiger partial charge in [-0.3, -0.25) is 9.59 Å². The Balaban J connectivity index is 1.78. The van der Waals surface area contributed by atoms with Crippen LogP contribution in [-0.4, -0.2) is 22.8 Å². The number of aldehydes is 1. The van der Waals surface area contributed by atoms with Crippen LogP contribution in [0.1, 0.15) is 43.0 Å². The highest BCUT2D eigenvalue weighted by atomic mass is 79.9. The largest absolute Gasteiger partial charge is 0.352 e. The van der Waals surface area contributed by atoms with Crippen LogP contribution < -0.4 is 5.32 Å². The van der Waals surface area contributed by atoms with E-state index in [0.29, 0.717) is 11.5 Å². The van der Waals surface area contributed by atoms with Gasteiger partial charge in [-0.2, -0.15) is 0 Å². The van der Waals surface area contributed by atoms with E-state index in [1.54, 1.807) is 6.20 Å². The second kappa shape index (κ2) is 6.87. The van der Waals surface area contributed by atoms with Crippen LogP contribution in [0.5, 0.6) is 0 Å². The number of amides is 1. The van der Waals surface area contributed by atoms with Gasteiger partial charge < -0.3 is 9.88 Å². The molecule has 1 aliphatic carbocycles. The minimum atomic E-state index is 0.0148. The zero-order valence-corrected chi connectivity index (χ0v) is 14.8. The fourth-order valence-electron chi connectivity index (χ4n) is 3.46. The Kier molecular flexibility index (Phi) is 4.85. The Bertz CT molecular complexity index is 738. The fourth-order valence-corrected chi connectivity index (χ4v) is 3.82. The quantitative estimate of drug-likeness (QED) is 0.822. The molecule has 0 bridgehead atoms. The van der Waals surface area contributed by atoms with Crippen LogP contribution in [0.4, 0.5) is 0 Å². The number of carbonyl (C=O) groups excluding carboxylic acids is 2. The number of halogens is 1. The number of nitrogens with one attached hydrogen (secondary N) is 1. The van der Waals surface area contributed by atoms with Gasteiger partial charge in [-0.1, -0.05) is 35.7 Å². The molecule has 1 aliphatic rings. The van der Waals surface area contributed by atoms with E-state index >= 15 is 0 Å². The summed E-state index contributed by atoms with van der Waals surface area (Å²) in [5.41, 5.74) is 1.52. The molecule has 3 rings (SSSR count). The molecular formula is C18H21BrN2O2. The minimum Gasteiger partial charge on any atom is -0.352 e. The molecule has 5 heteroatoms. The second-order valence-electron chi connectivity index (χ2n) is 6.43. The summed E-state index contributed by atoms with van der Waals surface area (Å²) >= 11 is 3.42. The van der Waals surface area contributed by atoms with Crippen molar-refractivity contribution in [2.45, 2.75) is 45.2 Å². The third-order valence-corrected chi connectivity index (χ3v) is 5.27. The molecule has 23 heavy (non-hydrogen) atoms. The van der Waals surface area contributed by atoms with Crippen molar-refractivity contribution in [2.75, 3.05) is 0 Å². The molecule has 1 N–H and O–H groups in total. The molecule has 1 aromatic carbocycles. The van der Waals surface area contributed by atoms with Crippen LogP contribution in [0.25, 0.3) is 10.9 Å². The molecule has 1 fully saturated rings. The van der Waals surface area contributed by atoms with Crippen molar-refractivity contribution in [2.24, 2.45) is 5.92 Å². The zero-order valence-electron chi connectivity index (χ0n) is 13.2. The third kappa shape index (κ3) is 3.50. The maximum absolute atomic E-state index is 12.4. The van der Waals surface area contributed by atoms with Crippen LogP contribution >= 0.6 is 15.9 Å². The summed E-state index contributed by atoms with van der Waals surface area (Å²) in [7, 11) is 0. The van der Waals surface area contributed by atoms with E-state index in [0.717, 1.165) is 28.1 Å². The summed E-state index contributed by atoms with van der Waals surface area (Å²) in [6, 6.07) is 6.05. The lowest BCUT2D eigenvalue weighted by Gasteiger charge is -2.29. The van der Waals surface area contributed by atoms with Gasteiger partial charge in [0.05, 0.1) is 0 Å². The molecule has 0 aliphatic heterocycles. The number of benzene rings is 1. The van der Waals surface area contributed by atoms with Crippen LogP contribution in [0.3, 0.4) is 0 Å². The monoisotopic (exact) mass is 376 g/mol. The van der Waals surface area contributed by atoms with Crippen LogP contribution in [-0.2, 0) is 11.3 Å². The Morgan fingerprint density at radius 2 is 2.17 bits per heavy atom. The molecule has 1 heterocycles. The lowest BCUT2D eigenvalue weighted by molar-refractivity contribution is -0.122. The summed E-state index contributed by atoms with van der Waals surface area (Å²) in [6.45, 7) is 2.45. The number of hydrogen-bond donors (Lipinski definition) is 1. The standard InChI is InChI=1S/C18H21BrN2O2/c1-12-4-2-3-5-16(12)20-18(23)10-21-9-13(11-22)15-8-14(19)6-7-17(15)21/h6-9,11-12,16H,2-5,10H2,1H3,(H,20,23)/t12-,16+/m0/s1. The first-order valence-electron chi connectivity index (χ1n) is 8.11. The molecule has 0 spiro atoms. The predicted octanol–water partition coefficient (Wildman–Crippen LogP) is 3.91. The van der Waals surface area contributed by atoms with E-state index in [-0.39, 0.29) is 18.5 Å². The van der Waals surface area contributed by atoms with E-state index in [1.807, 2.05) is 22.8 Å². The first-order valence-corrected chi connectivity index (χ1v) is 8.90. The van der Waals surface area contributed by atoms with Gasteiger partial charge in [0.15, 0.2) is 6.29 Å². The lowest BCUT2D eigenvalue weighted by Crippen LogP contribution is -2.42. The van der Waals surface area contributed by atoms with Crippen molar-refractivity contribution in [3.63, 3.8) is 0 Å². The van der Waals surface area contributed by atoms with Crippen LogP contribution in [0.15, 0.2) is 28.9 Å². The fraction of sp³-hybridized carbons (Fsp3) is 0.444. The number of carbonyl (C=O) groups is 2. The van der Waals surface area contributed by atoms with Gasteiger partial charge in [-0.15, -0.1) is 0 Å². The van der Waals surface area contributed by atoms with Crippen molar-refractivity contribution in [3.8, 4) is 0 Å². The van der Waals surface area contributed by atoms with Gasteiger partial charge in [0.1, 0.15) is 6.54 Å². The van der Waals surface area contributed by atoms with Gasteiger partial charge in [-0.25, -0.2) is 0 Å². The highest BCUT2D eigenvalue weighted by Gasteiger charge is 2.23. The first-order chi connectivity index (χ1) is 11.1. The molecule has 1 aromatic heterocycles. The van der Waals surface area contributed by atoms with Crippen molar-refractivity contribution in [3.05, 3.63) is 34.4 Å². The number of rotatable bonds is 4. The number of hydrogen-bond acceptors (Lipinski definition) is 2. The summed E-state index contributed by atoms with van der Waals surface area (Å²) in [4.78, 5) is 23.7. The molecule has 1 saturated carbocycles. The van der Waals surface area contributed by atoms with E-state index < -0.39 is 0 Å². The molecule has 2 atom stereocenters. The Morgan fingerprint density at radius 1 is 1.39 bits per heavy atom. The summed E-state index contributed by atoms with van der Waals surface area (Å²) < 4.78 is 2.78. The first kappa shape index (κ1) is 16.2. The average molecular weight is 377 g/mol. The van der Waals surface area contributed by atoms with E-state index in [4.69, 9.17) is 0 Å². The molecule has 122 valence electrons. The third-order valence-electron chi connectivity index (χ3n) is 4.77. The molecule has 0 radical (unpaired) electrons. The normalized spacial score (nSPS) is 21.3.